The van der Waals surface area contributed by atoms with Gasteiger partial charge in [0.25, 0.3) is 0 Å². The molecule has 3 atom stereocenters. The Bertz CT molecular complexity index is 1290. The van der Waals surface area contributed by atoms with Crippen molar-refractivity contribution in [1.82, 2.24) is 0 Å². The highest BCUT2D eigenvalue weighted by Gasteiger charge is 2.39. The Labute approximate surface area is 223 Å². The minimum Gasteiger partial charge on any atom is -0.493 e. The average Bonchev–Trinajstić information content (AvgIpc) is 3.30. The number of anilines is 1. The highest BCUT2D eigenvalue weighted by molar-refractivity contribution is 9.10. The van der Waals surface area contributed by atoms with Crippen molar-refractivity contribution in [3.8, 4) is 11.5 Å². The molecule has 0 unspecified atom stereocenters. The van der Waals surface area contributed by atoms with Crippen molar-refractivity contribution in [3.05, 3.63) is 96.4 Å². The van der Waals surface area contributed by atoms with E-state index in [0.717, 1.165) is 38.3 Å². The fourth-order valence-electron chi connectivity index (χ4n) is 5.02. The van der Waals surface area contributed by atoms with Crippen LogP contribution in [0.3, 0.4) is 0 Å². The Morgan fingerprint density at radius 2 is 1.88 bits per heavy atom. The van der Waals surface area contributed by atoms with E-state index in [1.807, 2.05) is 18.2 Å². The van der Waals surface area contributed by atoms with Gasteiger partial charge in [-0.15, -0.1) is 0 Å². The number of ether oxygens (including phenoxy) is 2. The third-order valence-electron chi connectivity index (χ3n) is 6.61. The average molecular weight is 580 g/mol. The van der Waals surface area contributed by atoms with E-state index >= 15 is 0 Å². The smallest absolute Gasteiger partial charge is 0.175 e. The van der Waals surface area contributed by atoms with Gasteiger partial charge in [0.2, 0.25) is 0 Å². The third-order valence-corrected chi connectivity index (χ3v) is 8.16. The Balaban J connectivity index is 1.46. The first-order chi connectivity index (χ1) is 16.4. The molecule has 1 aliphatic carbocycles. The van der Waals surface area contributed by atoms with Crippen molar-refractivity contribution in [2.75, 3.05) is 12.4 Å². The summed E-state index contributed by atoms with van der Waals surface area (Å²) >= 11 is 22.3. The molecule has 1 aliphatic heterocycles. The van der Waals surface area contributed by atoms with Crippen LogP contribution in [-0.2, 0) is 6.61 Å². The van der Waals surface area contributed by atoms with Crippen molar-refractivity contribution >= 4 is 56.4 Å². The minimum atomic E-state index is 0.127. The van der Waals surface area contributed by atoms with Gasteiger partial charge in [0.05, 0.1) is 27.7 Å². The zero-order valence-electron chi connectivity index (χ0n) is 18.7. The number of halogens is 4. The zero-order valence-corrected chi connectivity index (χ0v) is 22.5. The molecular weight excluding hydrogens is 557 g/mol. The SMILES string of the molecule is COc1cc([C@@H]2Nc3c(C)cc(Cl)cc3[C@@H]3C=CC[C@H]32)cc(Br)c1OCc1ccc(Cl)c(Cl)c1. The van der Waals surface area contributed by atoms with E-state index in [-0.39, 0.29) is 6.04 Å². The Morgan fingerprint density at radius 3 is 2.65 bits per heavy atom. The molecule has 0 fully saturated rings. The number of aryl methyl sites for hydroxylation is 1. The summed E-state index contributed by atoms with van der Waals surface area (Å²) in [6.45, 7) is 2.44. The number of methoxy groups -OCH3 is 1. The van der Waals surface area contributed by atoms with Crippen molar-refractivity contribution in [2.45, 2.75) is 31.9 Å². The molecule has 34 heavy (non-hydrogen) atoms. The van der Waals surface area contributed by atoms with Gasteiger partial charge in [0.15, 0.2) is 11.5 Å². The number of rotatable bonds is 5. The topological polar surface area (TPSA) is 30.5 Å². The minimum absolute atomic E-state index is 0.127. The molecule has 0 amide bonds. The van der Waals surface area contributed by atoms with E-state index < -0.39 is 0 Å². The maximum Gasteiger partial charge on any atom is 0.175 e. The fourth-order valence-corrected chi connectivity index (χ4v) is 6.19. The van der Waals surface area contributed by atoms with Crippen molar-refractivity contribution in [2.24, 2.45) is 5.92 Å². The summed E-state index contributed by atoms with van der Waals surface area (Å²) in [5, 5.41) is 5.61. The lowest BCUT2D eigenvalue weighted by Gasteiger charge is -2.38. The molecular formula is C27H23BrCl3NO2. The summed E-state index contributed by atoms with van der Waals surface area (Å²) in [4.78, 5) is 0. The van der Waals surface area contributed by atoms with E-state index in [0.29, 0.717) is 40.0 Å². The van der Waals surface area contributed by atoms with Crippen molar-refractivity contribution in [1.29, 1.82) is 0 Å². The molecule has 0 radical (unpaired) electrons. The summed E-state index contributed by atoms with van der Waals surface area (Å²) in [6.07, 6.45) is 5.59. The van der Waals surface area contributed by atoms with Crippen molar-refractivity contribution in [3.63, 3.8) is 0 Å². The zero-order chi connectivity index (χ0) is 24.0. The van der Waals surface area contributed by atoms with Crippen LogP contribution in [0.15, 0.2) is 59.1 Å². The molecule has 3 aromatic carbocycles. The number of hydrogen-bond donors (Lipinski definition) is 1. The van der Waals surface area contributed by atoms with Gasteiger partial charge in [0, 0.05) is 16.6 Å². The molecule has 0 aromatic heterocycles. The van der Waals surface area contributed by atoms with Crippen LogP contribution < -0.4 is 14.8 Å². The molecule has 0 saturated carbocycles. The molecule has 5 rings (SSSR count). The lowest BCUT2D eigenvalue weighted by Crippen LogP contribution is -2.29. The monoisotopic (exact) mass is 577 g/mol. The van der Waals surface area contributed by atoms with Gasteiger partial charge < -0.3 is 14.8 Å². The summed E-state index contributed by atoms with van der Waals surface area (Å²) < 4.78 is 12.7. The fraction of sp³-hybridized carbons (Fsp3) is 0.259. The third kappa shape index (κ3) is 4.42. The lowest BCUT2D eigenvalue weighted by atomic mass is 9.76. The number of fused-ring (bicyclic) bond motifs is 3. The van der Waals surface area contributed by atoms with Crippen LogP contribution >= 0.6 is 50.7 Å². The maximum atomic E-state index is 6.39. The molecule has 3 aromatic rings. The summed E-state index contributed by atoms with van der Waals surface area (Å²) in [5.41, 5.74) is 5.65. The molecule has 0 saturated heterocycles. The van der Waals surface area contributed by atoms with Gasteiger partial charge in [-0.3, -0.25) is 0 Å². The summed E-state index contributed by atoms with van der Waals surface area (Å²) in [6, 6.07) is 13.9. The van der Waals surface area contributed by atoms with Crippen LogP contribution in [0.1, 0.15) is 40.6 Å². The normalized spacial score (nSPS) is 20.5. The van der Waals surface area contributed by atoms with E-state index in [9.17, 15) is 0 Å². The molecule has 0 bridgehead atoms. The molecule has 1 N–H and O–H groups in total. The maximum absolute atomic E-state index is 6.39. The van der Waals surface area contributed by atoms with Gasteiger partial charge in [-0.1, -0.05) is 53.0 Å². The Morgan fingerprint density at radius 1 is 1.06 bits per heavy atom. The Kier molecular flexibility index (Phi) is 6.78. The van der Waals surface area contributed by atoms with E-state index in [1.54, 1.807) is 13.2 Å². The van der Waals surface area contributed by atoms with E-state index in [1.165, 1.54) is 5.56 Å². The van der Waals surface area contributed by atoms with E-state index in [4.69, 9.17) is 44.3 Å². The molecule has 1 heterocycles. The van der Waals surface area contributed by atoms with Gasteiger partial charge in [0.1, 0.15) is 6.61 Å². The highest BCUT2D eigenvalue weighted by Crippen LogP contribution is 2.52. The highest BCUT2D eigenvalue weighted by atomic mass is 79.9. The van der Waals surface area contributed by atoms with Gasteiger partial charge in [-0.2, -0.15) is 0 Å². The van der Waals surface area contributed by atoms with Crippen LogP contribution in [0, 0.1) is 12.8 Å². The predicted molar refractivity (Wildman–Crippen MR) is 144 cm³/mol. The first kappa shape index (κ1) is 23.9. The predicted octanol–water partition coefficient (Wildman–Crippen LogP) is 9.13. The quantitative estimate of drug-likeness (QED) is 0.306. The van der Waals surface area contributed by atoms with Crippen molar-refractivity contribution < 1.29 is 9.47 Å². The van der Waals surface area contributed by atoms with Crippen LogP contribution in [0.2, 0.25) is 15.1 Å². The molecule has 0 spiro atoms. The Hall–Kier alpha value is -1.85. The second kappa shape index (κ2) is 9.66. The van der Waals surface area contributed by atoms with Gasteiger partial charge in [-0.25, -0.2) is 0 Å². The lowest BCUT2D eigenvalue weighted by molar-refractivity contribution is 0.282. The largest absolute Gasteiger partial charge is 0.493 e. The summed E-state index contributed by atoms with van der Waals surface area (Å²) in [7, 11) is 1.66. The number of nitrogens with one attached hydrogen (secondary N) is 1. The number of allylic oxidation sites excluding steroid dienone is 2. The van der Waals surface area contributed by atoms with E-state index in [2.05, 4.69) is 58.5 Å². The van der Waals surface area contributed by atoms with Gasteiger partial charge in [-0.05, 0) is 93.8 Å². The first-order valence-electron chi connectivity index (χ1n) is 11.0. The second-order valence-corrected chi connectivity index (χ2v) is 10.8. The molecule has 176 valence electrons. The second-order valence-electron chi connectivity index (χ2n) is 8.73. The van der Waals surface area contributed by atoms with Crippen LogP contribution in [0.5, 0.6) is 11.5 Å². The van der Waals surface area contributed by atoms with Gasteiger partial charge >= 0.3 is 0 Å². The standard InChI is InChI=1S/C27H23BrCl3NO2/c1-14-8-17(29)12-20-18-4-3-5-19(18)26(32-25(14)20)16-10-21(28)27(24(11-16)33-2)34-13-15-6-7-22(30)23(31)9-15/h3-4,6-12,18-19,26,32H,5,13H2,1-2H3/t18-,19-,26+/m1/s1. The molecule has 2 aliphatic rings. The van der Waals surface area contributed by atoms with Crippen LogP contribution in [0.25, 0.3) is 0 Å². The summed E-state index contributed by atoms with van der Waals surface area (Å²) in [5.74, 6) is 2.05. The van der Waals surface area contributed by atoms with Crippen LogP contribution in [-0.4, -0.2) is 7.11 Å². The number of benzene rings is 3. The number of hydrogen-bond acceptors (Lipinski definition) is 3. The van der Waals surface area contributed by atoms with Crippen LogP contribution in [0.4, 0.5) is 5.69 Å². The molecule has 3 nitrogen and oxygen atoms in total. The first-order valence-corrected chi connectivity index (χ1v) is 13.0. The molecule has 7 heteroatoms.